The number of rotatable bonds is 3. The van der Waals surface area contributed by atoms with Gasteiger partial charge >= 0.3 is 0 Å². The van der Waals surface area contributed by atoms with Gasteiger partial charge in [-0.05, 0) is 49.4 Å². The zero-order chi connectivity index (χ0) is 19.1. The molecule has 0 unspecified atom stereocenters. The summed E-state index contributed by atoms with van der Waals surface area (Å²) in [6, 6.07) is 12.5. The maximum absolute atomic E-state index is 13.3. The van der Waals surface area contributed by atoms with Crippen LogP contribution in [0.5, 0.6) is 0 Å². The lowest BCUT2D eigenvalue weighted by molar-refractivity contribution is -0.121. The highest BCUT2D eigenvalue weighted by atomic mass is 32.1. The summed E-state index contributed by atoms with van der Waals surface area (Å²) < 4.78 is 1.21. The second-order valence-corrected chi connectivity index (χ2v) is 7.73. The summed E-state index contributed by atoms with van der Waals surface area (Å²) in [5.74, 6) is -0.162. The predicted molar refractivity (Wildman–Crippen MR) is 108 cm³/mol. The van der Waals surface area contributed by atoms with Gasteiger partial charge in [0.1, 0.15) is 17.4 Å². The average Bonchev–Trinajstić information content (AvgIpc) is 3.29. The molecule has 6 nitrogen and oxygen atoms in total. The van der Waals surface area contributed by atoms with Gasteiger partial charge in [0.05, 0.1) is 4.88 Å². The van der Waals surface area contributed by atoms with E-state index in [9.17, 15) is 9.59 Å². The number of anilines is 2. The maximum Gasteiger partial charge on any atom is 0.290 e. The molecule has 4 rings (SSSR count). The third-order valence-electron chi connectivity index (χ3n) is 4.91. The molecule has 2 aromatic heterocycles. The van der Waals surface area contributed by atoms with Crippen LogP contribution in [0.15, 0.2) is 52.6 Å². The summed E-state index contributed by atoms with van der Waals surface area (Å²) in [5, 5.41) is 6.37. The van der Waals surface area contributed by atoms with Gasteiger partial charge in [-0.1, -0.05) is 24.3 Å². The fourth-order valence-corrected chi connectivity index (χ4v) is 4.23. The molecular formula is C20H20N4O2S. The van der Waals surface area contributed by atoms with Crippen LogP contribution in [-0.2, 0) is 11.2 Å². The molecular weight excluding hydrogens is 360 g/mol. The molecule has 2 atom stereocenters. The van der Waals surface area contributed by atoms with E-state index in [0.29, 0.717) is 5.69 Å². The quantitative estimate of drug-likeness (QED) is 0.757. The summed E-state index contributed by atoms with van der Waals surface area (Å²) in [4.78, 5) is 28.5. The average molecular weight is 380 g/mol. The lowest BCUT2D eigenvalue weighted by atomic mass is 10.1. The second-order valence-electron chi connectivity index (χ2n) is 6.78. The minimum atomic E-state index is -0.756. The number of hydrogen-bond acceptors (Lipinski definition) is 5. The Hall–Kier alpha value is -2.93. The maximum atomic E-state index is 13.3. The third kappa shape index (κ3) is 2.94. The minimum Gasteiger partial charge on any atom is -0.394 e. The van der Waals surface area contributed by atoms with Crippen molar-refractivity contribution in [2.24, 2.45) is 0 Å². The van der Waals surface area contributed by atoms with E-state index in [0.717, 1.165) is 22.5 Å². The smallest absolute Gasteiger partial charge is 0.290 e. The summed E-state index contributed by atoms with van der Waals surface area (Å²) in [7, 11) is 0. The number of hydrogen-bond donors (Lipinski definition) is 1. The van der Waals surface area contributed by atoms with Gasteiger partial charge in [-0.15, -0.1) is 11.3 Å². The van der Waals surface area contributed by atoms with Crippen molar-refractivity contribution in [2.45, 2.75) is 32.4 Å². The van der Waals surface area contributed by atoms with Crippen LogP contribution in [-0.4, -0.2) is 21.7 Å². The number of benzene rings is 1. The fraction of sp³-hybridized carbons (Fsp3) is 0.250. The summed E-state index contributed by atoms with van der Waals surface area (Å²) in [5.41, 5.74) is 8.20. The van der Waals surface area contributed by atoms with Crippen LogP contribution in [0.3, 0.4) is 0 Å². The lowest BCUT2D eigenvalue weighted by Crippen LogP contribution is -2.43. The first-order chi connectivity index (χ1) is 13.0. The van der Waals surface area contributed by atoms with Crippen LogP contribution >= 0.6 is 11.3 Å². The van der Waals surface area contributed by atoms with E-state index < -0.39 is 11.6 Å². The Morgan fingerprint density at radius 3 is 2.81 bits per heavy atom. The van der Waals surface area contributed by atoms with Crippen molar-refractivity contribution in [3.05, 3.63) is 63.8 Å². The lowest BCUT2D eigenvalue weighted by Gasteiger charge is -2.26. The van der Waals surface area contributed by atoms with Crippen LogP contribution < -0.4 is 16.2 Å². The number of carbonyl (C=O) groups is 1. The Morgan fingerprint density at radius 1 is 1.30 bits per heavy atom. The first-order valence-electron chi connectivity index (χ1n) is 8.81. The molecule has 1 amide bonds. The molecule has 1 aliphatic rings. The molecule has 3 heterocycles. The van der Waals surface area contributed by atoms with Crippen LogP contribution in [0, 0.1) is 0 Å². The fourth-order valence-electron chi connectivity index (χ4n) is 3.55. The number of nitrogen functional groups attached to an aromatic ring is 1. The highest BCUT2D eigenvalue weighted by Crippen LogP contribution is 2.33. The number of thiophene rings is 1. The van der Waals surface area contributed by atoms with Crippen molar-refractivity contribution < 1.29 is 4.79 Å². The van der Waals surface area contributed by atoms with Gasteiger partial charge in [-0.25, -0.2) is 4.68 Å². The van der Waals surface area contributed by atoms with Crippen molar-refractivity contribution in [2.75, 3.05) is 10.6 Å². The molecule has 0 spiro atoms. The van der Waals surface area contributed by atoms with Gasteiger partial charge in [0.2, 0.25) is 0 Å². The highest BCUT2D eigenvalue weighted by molar-refractivity contribution is 7.13. The molecule has 2 N–H and O–H groups in total. The Morgan fingerprint density at radius 2 is 2.07 bits per heavy atom. The van der Waals surface area contributed by atoms with Crippen molar-refractivity contribution in [1.29, 1.82) is 0 Å². The summed E-state index contributed by atoms with van der Waals surface area (Å²) >= 11 is 1.51. The molecule has 27 heavy (non-hydrogen) atoms. The molecule has 0 saturated carbocycles. The Balaban J connectivity index is 1.74. The van der Waals surface area contributed by atoms with Crippen molar-refractivity contribution in [3.63, 3.8) is 0 Å². The molecule has 0 saturated heterocycles. The topological polar surface area (TPSA) is 81.2 Å². The number of carbonyl (C=O) groups excluding carboxylic acids is 1. The number of fused-ring (bicyclic) bond motifs is 1. The summed E-state index contributed by atoms with van der Waals surface area (Å²) in [6.45, 7) is 3.71. The van der Waals surface area contributed by atoms with E-state index in [1.165, 1.54) is 16.0 Å². The molecule has 1 aromatic carbocycles. The third-order valence-corrected chi connectivity index (χ3v) is 5.80. The molecule has 0 radical (unpaired) electrons. The standard InChI is InChI=1S/C20H20N4O2S/c1-12-10-14-6-3-4-7-17(14)23(12)19(25)13(2)24-20(26)15(21)11-16(22-24)18-8-5-9-27-18/h3-9,11-13H,10,21H2,1-2H3/t12-,13+/m0/s1. The molecule has 0 bridgehead atoms. The van der Waals surface area contributed by atoms with Gasteiger partial charge in [-0.2, -0.15) is 5.10 Å². The number of aromatic nitrogens is 2. The first kappa shape index (κ1) is 17.5. The Kier molecular flexibility index (Phi) is 4.31. The van der Waals surface area contributed by atoms with E-state index in [4.69, 9.17) is 5.73 Å². The van der Waals surface area contributed by atoms with Crippen molar-refractivity contribution >= 4 is 28.6 Å². The Labute approximate surface area is 160 Å². The van der Waals surface area contributed by atoms with Crippen molar-refractivity contribution in [3.8, 4) is 10.6 Å². The number of amides is 1. The van der Waals surface area contributed by atoms with Crippen LogP contribution in [0.2, 0.25) is 0 Å². The number of nitrogens with two attached hydrogens (primary N) is 1. The van der Waals surface area contributed by atoms with E-state index in [1.807, 2.05) is 48.7 Å². The van der Waals surface area contributed by atoms with Crippen LogP contribution in [0.4, 0.5) is 11.4 Å². The molecule has 1 aliphatic heterocycles. The summed E-state index contributed by atoms with van der Waals surface area (Å²) in [6.07, 6.45) is 0.800. The SMILES string of the molecule is C[C@H](C(=O)N1c2ccccc2C[C@@H]1C)n1nc(-c2cccs2)cc(N)c1=O. The first-order valence-corrected chi connectivity index (χ1v) is 9.69. The van der Waals surface area contributed by atoms with E-state index in [2.05, 4.69) is 5.10 Å². The largest absolute Gasteiger partial charge is 0.394 e. The Bertz CT molecular complexity index is 1060. The van der Waals surface area contributed by atoms with Gasteiger partial charge in [0, 0.05) is 11.7 Å². The van der Waals surface area contributed by atoms with E-state index in [-0.39, 0.29) is 17.6 Å². The molecule has 0 fully saturated rings. The molecule has 0 aliphatic carbocycles. The van der Waals surface area contributed by atoms with Gasteiger partial charge in [0.25, 0.3) is 11.5 Å². The van der Waals surface area contributed by atoms with Gasteiger partial charge in [0.15, 0.2) is 0 Å². The zero-order valence-electron chi connectivity index (χ0n) is 15.1. The highest BCUT2D eigenvalue weighted by Gasteiger charge is 2.34. The monoisotopic (exact) mass is 380 g/mol. The number of para-hydroxylation sites is 1. The van der Waals surface area contributed by atoms with Crippen LogP contribution in [0.1, 0.15) is 25.5 Å². The van der Waals surface area contributed by atoms with Gasteiger partial charge in [-0.3, -0.25) is 9.59 Å². The van der Waals surface area contributed by atoms with E-state index in [1.54, 1.807) is 17.9 Å². The van der Waals surface area contributed by atoms with Gasteiger partial charge < -0.3 is 10.6 Å². The zero-order valence-corrected chi connectivity index (χ0v) is 15.9. The molecule has 138 valence electrons. The normalized spacial score (nSPS) is 17.0. The second kappa shape index (κ2) is 6.66. The van der Waals surface area contributed by atoms with Crippen LogP contribution in [0.25, 0.3) is 10.6 Å². The number of nitrogens with zero attached hydrogens (tertiary/aromatic N) is 3. The molecule has 3 aromatic rings. The van der Waals surface area contributed by atoms with E-state index >= 15 is 0 Å². The van der Waals surface area contributed by atoms with Crippen molar-refractivity contribution in [1.82, 2.24) is 9.78 Å². The minimum absolute atomic E-state index is 0.0332. The predicted octanol–water partition coefficient (Wildman–Crippen LogP) is 3.09. The molecule has 7 heteroatoms.